The third-order valence-electron chi connectivity index (χ3n) is 2.50. The molecule has 0 aliphatic rings. The van der Waals surface area contributed by atoms with E-state index in [0.717, 1.165) is 0 Å². The van der Waals surface area contributed by atoms with Crippen molar-refractivity contribution in [3.63, 3.8) is 0 Å². The molecule has 2 rings (SSSR count). The number of anilines is 1. The lowest BCUT2D eigenvalue weighted by atomic mass is 10.2. The molecule has 0 aliphatic carbocycles. The van der Waals surface area contributed by atoms with Crippen LogP contribution < -0.4 is 5.32 Å². The standard InChI is InChI=1S/C15H13NO3S/c1-19-15(18)12(16-11-6-3-2-4-7-11)10-13(17)14-8-5-9-20-14/h2-10,16H,1H3/b12-10-. The number of allylic oxidation sites excluding steroid dienone is 1. The number of hydrogen-bond donors (Lipinski definition) is 1. The molecule has 20 heavy (non-hydrogen) atoms. The van der Waals surface area contributed by atoms with Crippen molar-refractivity contribution in [2.75, 3.05) is 12.4 Å². The van der Waals surface area contributed by atoms with Crippen molar-refractivity contribution in [2.45, 2.75) is 0 Å². The molecule has 0 aliphatic heterocycles. The van der Waals surface area contributed by atoms with Crippen LogP contribution in [0.1, 0.15) is 9.67 Å². The lowest BCUT2D eigenvalue weighted by Crippen LogP contribution is -2.14. The zero-order valence-corrected chi connectivity index (χ0v) is 11.6. The molecule has 0 amide bonds. The molecule has 0 saturated carbocycles. The average molecular weight is 287 g/mol. The second-order valence-corrected chi connectivity index (χ2v) is 4.83. The molecule has 0 radical (unpaired) electrons. The number of carbonyl (C=O) groups excluding carboxylic acids is 2. The van der Waals surface area contributed by atoms with E-state index in [4.69, 9.17) is 0 Å². The Labute approximate surface area is 120 Å². The molecule has 1 N–H and O–H groups in total. The van der Waals surface area contributed by atoms with Crippen molar-refractivity contribution in [1.29, 1.82) is 0 Å². The van der Waals surface area contributed by atoms with Gasteiger partial charge in [-0.2, -0.15) is 0 Å². The van der Waals surface area contributed by atoms with E-state index in [1.807, 2.05) is 23.6 Å². The molecule has 102 valence electrons. The van der Waals surface area contributed by atoms with Gasteiger partial charge < -0.3 is 10.1 Å². The van der Waals surface area contributed by atoms with Crippen LogP contribution in [0.4, 0.5) is 5.69 Å². The highest BCUT2D eigenvalue weighted by molar-refractivity contribution is 7.12. The van der Waals surface area contributed by atoms with Crippen molar-refractivity contribution in [2.24, 2.45) is 0 Å². The van der Waals surface area contributed by atoms with E-state index >= 15 is 0 Å². The van der Waals surface area contributed by atoms with Crippen molar-refractivity contribution in [1.82, 2.24) is 0 Å². The number of nitrogens with one attached hydrogen (secondary N) is 1. The van der Waals surface area contributed by atoms with Gasteiger partial charge in [-0.1, -0.05) is 24.3 Å². The first-order valence-corrected chi connectivity index (χ1v) is 6.78. The maximum absolute atomic E-state index is 12.0. The maximum atomic E-state index is 12.0. The van der Waals surface area contributed by atoms with Gasteiger partial charge in [-0.25, -0.2) is 4.79 Å². The first-order chi connectivity index (χ1) is 9.70. The minimum absolute atomic E-state index is 0.108. The van der Waals surface area contributed by atoms with Crippen LogP contribution in [-0.4, -0.2) is 18.9 Å². The van der Waals surface area contributed by atoms with E-state index in [1.54, 1.807) is 24.3 Å². The molecule has 0 atom stereocenters. The number of thiophene rings is 1. The predicted molar refractivity (Wildman–Crippen MR) is 78.8 cm³/mol. The fourth-order valence-corrected chi connectivity index (χ4v) is 2.19. The van der Waals surface area contributed by atoms with E-state index in [1.165, 1.54) is 24.5 Å². The zero-order valence-electron chi connectivity index (χ0n) is 10.8. The summed E-state index contributed by atoms with van der Waals surface area (Å²) in [6.45, 7) is 0. The Balaban J connectivity index is 2.24. The van der Waals surface area contributed by atoms with Crippen molar-refractivity contribution < 1.29 is 14.3 Å². The lowest BCUT2D eigenvalue weighted by molar-refractivity contribution is -0.135. The van der Waals surface area contributed by atoms with Gasteiger partial charge in [-0.15, -0.1) is 11.3 Å². The quantitative estimate of drug-likeness (QED) is 0.521. The van der Waals surface area contributed by atoms with Gasteiger partial charge >= 0.3 is 5.97 Å². The maximum Gasteiger partial charge on any atom is 0.354 e. The number of esters is 1. The fraction of sp³-hybridized carbons (Fsp3) is 0.0667. The summed E-state index contributed by atoms with van der Waals surface area (Å²) in [5.41, 5.74) is 0.820. The Morgan fingerprint density at radius 3 is 2.50 bits per heavy atom. The van der Waals surface area contributed by atoms with Crippen LogP contribution >= 0.6 is 11.3 Å². The number of methoxy groups -OCH3 is 1. The van der Waals surface area contributed by atoms with Gasteiger partial charge in [0, 0.05) is 11.8 Å². The Kier molecular flexibility index (Phi) is 4.68. The largest absolute Gasteiger partial charge is 0.464 e. The summed E-state index contributed by atoms with van der Waals surface area (Å²) < 4.78 is 4.68. The molecule has 0 bridgehead atoms. The van der Waals surface area contributed by atoms with Gasteiger partial charge in [-0.3, -0.25) is 4.79 Å². The lowest BCUT2D eigenvalue weighted by Gasteiger charge is -2.08. The minimum Gasteiger partial charge on any atom is -0.464 e. The SMILES string of the molecule is COC(=O)/C(=C/C(=O)c1cccs1)Nc1ccccc1. The summed E-state index contributed by atoms with van der Waals surface area (Å²) in [6.07, 6.45) is 1.25. The molecule has 2 aromatic rings. The summed E-state index contributed by atoms with van der Waals surface area (Å²) in [4.78, 5) is 24.3. The van der Waals surface area contributed by atoms with Crippen LogP contribution in [0.25, 0.3) is 0 Å². The topological polar surface area (TPSA) is 55.4 Å². The smallest absolute Gasteiger partial charge is 0.354 e. The predicted octanol–water partition coefficient (Wildman–Crippen LogP) is 3.10. The van der Waals surface area contributed by atoms with Crippen LogP contribution in [0.5, 0.6) is 0 Å². The van der Waals surface area contributed by atoms with Gasteiger partial charge in [-0.05, 0) is 23.6 Å². The fourth-order valence-electron chi connectivity index (χ4n) is 1.55. The van der Waals surface area contributed by atoms with Gasteiger partial charge in [0.1, 0.15) is 5.70 Å². The Hall–Kier alpha value is -2.40. The molecular weight excluding hydrogens is 274 g/mol. The molecule has 0 spiro atoms. The molecule has 0 saturated heterocycles. The second kappa shape index (κ2) is 6.68. The summed E-state index contributed by atoms with van der Waals surface area (Å²) in [5, 5.41) is 4.70. The molecule has 0 fully saturated rings. The molecule has 0 unspecified atom stereocenters. The third-order valence-corrected chi connectivity index (χ3v) is 3.38. The highest BCUT2D eigenvalue weighted by atomic mass is 32.1. The molecule has 4 nitrogen and oxygen atoms in total. The summed E-state index contributed by atoms with van der Waals surface area (Å²) in [7, 11) is 1.28. The van der Waals surface area contributed by atoms with Crippen LogP contribution in [0.2, 0.25) is 0 Å². The average Bonchev–Trinajstić information content (AvgIpc) is 3.01. The first-order valence-electron chi connectivity index (χ1n) is 5.90. The van der Waals surface area contributed by atoms with Crippen LogP contribution in [0, 0.1) is 0 Å². The summed E-state index contributed by atoms with van der Waals surface area (Å²) in [5.74, 6) is -0.817. The second-order valence-electron chi connectivity index (χ2n) is 3.88. The molecular formula is C15H13NO3S. The van der Waals surface area contributed by atoms with E-state index < -0.39 is 5.97 Å². The highest BCUT2D eigenvalue weighted by Crippen LogP contribution is 2.14. The van der Waals surface area contributed by atoms with Crippen LogP contribution in [0.15, 0.2) is 59.6 Å². The van der Waals surface area contributed by atoms with Crippen molar-refractivity contribution >= 4 is 28.8 Å². The van der Waals surface area contributed by atoms with Crippen LogP contribution in [0.3, 0.4) is 0 Å². The first kappa shape index (κ1) is 14.0. The zero-order chi connectivity index (χ0) is 14.4. The minimum atomic E-state index is -0.584. The number of ketones is 1. The van der Waals surface area contributed by atoms with Gasteiger partial charge in [0.05, 0.1) is 12.0 Å². The summed E-state index contributed by atoms with van der Waals surface area (Å²) in [6, 6.07) is 12.6. The summed E-state index contributed by atoms with van der Waals surface area (Å²) >= 11 is 1.32. The number of ether oxygens (including phenoxy) is 1. The van der Waals surface area contributed by atoms with Crippen LogP contribution in [-0.2, 0) is 9.53 Å². The van der Waals surface area contributed by atoms with Gasteiger partial charge in [0.15, 0.2) is 5.78 Å². The number of para-hydroxylation sites is 1. The molecule has 5 heteroatoms. The van der Waals surface area contributed by atoms with Gasteiger partial charge in [0.2, 0.25) is 0 Å². The normalized spacial score (nSPS) is 10.9. The van der Waals surface area contributed by atoms with E-state index in [2.05, 4.69) is 10.1 Å². The van der Waals surface area contributed by atoms with E-state index in [0.29, 0.717) is 10.6 Å². The highest BCUT2D eigenvalue weighted by Gasteiger charge is 2.13. The Morgan fingerprint density at radius 1 is 1.15 bits per heavy atom. The monoisotopic (exact) mass is 287 g/mol. The van der Waals surface area contributed by atoms with Gasteiger partial charge in [0.25, 0.3) is 0 Å². The number of benzene rings is 1. The number of carbonyl (C=O) groups is 2. The Morgan fingerprint density at radius 2 is 1.90 bits per heavy atom. The Bertz CT molecular complexity index is 618. The number of rotatable bonds is 5. The third kappa shape index (κ3) is 3.55. The van der Waals surface area contributed by atoms with E-state index in [9.17, 15) is 9.59 Å². The van der Waals surface area contributed by atoms with Crippen molar-refractivity contribution in [3.8, 4) is 0 Å². The molecule has 1 aromatic heterocycles. The molecule has 1 aromatic carbocycles. The molecule has 1 heterocycles. The van der Waals surface area contributed by atoms with E-state index in [-0.39, 0.29) is 11.5 Å². The number of hydrogen-bond acceptors (Lipinski definition) is 5. The van der Waals surface area contributed by atoms with Crippen molar-refractivity contribution in [3.05, 3.63) is 64.5 Å².